The SMILES string of the molecule is C1=c2cc3c(cc2=COO1)CC3. The van der Waals surface area contributed by atoms with Gasteiger partial charge in [-0.2, -0.15) is 0 Å². The minimum absolute atomic E-state index is 1.12. The molecule has 0 radical (unpaired) electrons. The molecule has 0 bridgehead atoms. The maximum Gasteiger partial charge on any atom is 0.150 e. The van der Waals surface area contributed by atoms with E-state index in [2.05, 4.69) is 12.1 Å². The molecule has 2 heteroatoms. The predicted molar refractivity (Wildman–Crippen MR) is 44.2 cm³/mol. The highest BCUT2D eigenvalue weighted by Crippen LogP contribution is 2.18. The molecule has 1 aromatic rings. The van der Waals surface area contributed by atoms with Gasteiger partial charge in [-0.25, -0.2) is 0 Å². The molecule has 0 saturated carbocycles. The Morgan fingerprint density at radius 1 is 0.833 bits per heavy atom. The van der Waals surface area contributed by atoms with Gasteiger partial charge in [0, 0.05) is 10.4 Å². The number of hydrogen-bond donors (Lipinski definition) is 0. The van der Waals surface area contributed by atoms with Gasteiger partial charge in [0.25, 0.3) is 0 Å². The Bertz CT molecular complexity index is 403. The van der Waals surface area contributed by atoms with E-state index in [0.717, 1.165) is 10.4 Å². The molecule has 0 saturated heterocycles. The van der Waals surface area contributed by atoms with E-state index >= 15 is 0 Å². The molecule has 2 nitrogen and oxygen atoms in total. The molecule has 1 heterocycles. The minimum Gasteiger partial charge on any atom is -0.298 e. The lowest BCUT2D eigenvalue weighted by atomic mass is 9.88. The van der Waals surface area contributed by atoms with Crippen molar-refractivity contribution in [2.75, 3.05) is 0 Å². The molecule has 0 fully saturated rings. The summed E-state index contributed by atoms with van der Waals surface area (Å²) in [6.07, 6.45) is 5.70. The van der Waals surface area contributed by atoms with Gasteiger partial charge in [-0.3, -0.25) is 9.78 Å². The molecule has 1 aromatic carbocycles. The molecule has 0 atom stereocenters. The van der Waals surface area contributed by atoms with Crippen molar-refractivity contribution in [2.45, 2.75) is 12.8 Å². The second-order valence-electron chi connectivity index (χ2n) is 3.18. The summed E-state index contributed by atoms with van der Waals surface area (Å²) in [5.74, 6) is 0. The van der Waals surface area contributed by atoms with Gasteiger partial charge in [0.05, 0.1) is 0 Å². The van der Waals surface area contributed by atoms with Gasteiger partial charge in [-0.05, 0) is 36.1 Å². The molecular weight excluding hydrogens is 152 g/mol. The summed E-state index contributed by atoms with van der Waals surface area (Å²) in [7, 11) is 0. The van der Waals surface area contributed by atoms with Crippen LogP contribution in [0.15, 0.2) is 12.1 Å². The third-order valence-electron chi connectivity index (χ3n) is 2.47. The zero-order valence-electron chi connectivity index (χ0n) is 6.54. The zero-order chi connectivity index (χ0) is 7.97. The van der Waals surface area contributed by atoms with Gasteiger partial charge in [-0.15, -0.1) is 0 Å². The number of benzene rings is 1. The molecule has 60 valence electrons. The van der Waals surface area contributed by atoms with E-state index in [1.807, 2.05) is 0 Å². The molecule has 0 amide bonds. The summed E-state index contributed by atoms with van der Waals surface area (Å²) in [4.78, 5) is 9.47. The van der Waals surface area contributed by atoms with Crippen LogP contribution >= 0.6 is 0 Å². The van der Waals surface area contributed by atoms with Crippen LogP contribution in [0.1, 0.15) is 11.1 Å². The van der Waals surface area contributed by atoms with Gasteiger partial charge >= 0.3 is 0 Å². The van der Waals surface area contributed by atoms with Crippen molar-refractivity contribution in [3.05, 3.63) is 33.7 Å². The highest BCUT2D eigenvalue weighted by Gasteiger charge is 2.13. The van der Waals surface area contributed by atoms with E-state index in [1.165, 1.54) is 24.0 Å². The van der Waals surface area contributed by atoms with Crippen molar-refractivity contribution in [2.24, 2.45) is 0 Å². The quantitative estimate of drug-likeness (QED) is 0.505. The highest BCUT2D eigenvalue weighted by molar-refractivity contribution is 5.40. The maximum absolute atomic E-state index is 4.73. The Morgan fingerprint density at radius 2 is 1.33 bits per heavy atom. The number of rotatable bonds is 0. The lowest BCUT2D eigenvalue weighted by molar-refractivity contribution is -0.151. The number of fused-ring (bicyclic) bond motifs is 2. The van der Waals surface area contributed by atoms with Crippen LogP contribution in [0.2, 0.25) is 0 Å². The van der Waals surface area contributed by atoms with Crippen molar-refractivity contribution in [3.8, 4) is 0 Å². The molecule has 0 aromatic heterocycles. The van der Waals surface area contributed by atoms with Crippen molar-refractivity contribution in [1.29, 1.82) is 0 Å². The fourth-order valence-corrected chi connectivity index (χ4v) is 1.65. The first kappa shape index (κ1) is 6.12. The van der Waals surface area contributed by atoms with Crippen molar-refractivity contribution >= 4 is 12.5 Å². The Labute approximate surface area is 69.7 Å². The monoisotopic (exact) mass is 160 g/mol. The van der Waals surface area contributed by atoms with E-state index in [1.54, 1.807) is 12.5 Å². The van der Waals surface area contributed by atoms with E-state index < -0.39 is 0 Å². The van der Waals surface area contributed by atoms with Crippen molar-refractivity contribution in [1.82, 2.24) is 0 Å². The average molecular weight is 160 g/mol. The summed E-state index contributed by atoms with van der Waals surface area (Å²) in [5.41, 5.74) is 2.90. The second kappa shape index (κ2) is 2.03. The largest absolute Gasteiger partial charge is 0.298 e. The van der Waals surface area contributed by atoms with Crippen LogP contribution in [0, 0.1) is 0 Å². The van der Waals surface area contributed by atoms with Gasteiger partial charge in [-0.1, -0.05) is 0 Å². The molecule has 0 unspecified atom stereocenters. The smallest absolute Gasteiger partial charge is 0.150 e. The third-order valence-corrected chi connectivity index (χ3v) is 2.47. The first-order valence-corrected chi connectivity index (χ1v) is 4.08. The van der Waals surface area contributed by atoms with Crippen LogP contribution in [-0.2, 0) is 22.6 Å². The topological polar surface area (TPSA) is 18.5 Å². The molecule has 1 aliphatic carbocycles. The van der Waals surface area contributed by atoms with Crippen molar-refractivity contribution in [3.63, 3.8) is 0 Å². The molecule has 1 aliphatic heterocycles. The lowest BCUT2D eigenvalue weighted by Gasteiger charge is -2.18. The van der Waals surface area contributed by atoms with E-state index in [4.69, 9.17) is 9.78 Å². The summed E-state index contributed by atoms with van der Waals surface area (Å²) >= 11 is 0. The zero-order valence-corrected chi connectivity index (χ0v) is 6.54. The first-order valence-electron chi connectivity index (χ1n) is 4.08. The normalized spacial score (nSPS) is 16.7. The highest BCUT2D eigenvalue weighted by atomic mass is 17.2. The molecule has 12 heavy (non-hydrogen) atoms. The standard InChI is InChI=1S/C10H8O2/c1-2-8-4-10-6-12-11-5-9(10)3-7(1)8/h3-6H,1-2H2. The molecule has 2 aliphatic rings. The van der Waals surface area contributed by atoms with Gasteiger partial charge in [0.15, 0.2) is 12.5 Å². The summed E-state index contributed by atoms with van der Waals surface area (Å²) < 4.78 is 0. The summed E-state index contributed by atoms with van der Waals surface area (Å²) in [5, 5.41) is 2.25. The van der Waals surface area contributed by atoms with E-state index in [-0.39, 0.29) is 0 Å². The van der Waals surface area contributed by atoms with Crippen LogP contribution in [0.3, 0.4) is 0 Å². The van der Waals surface area contributed by atoms with Crippen LogP contribution in [-0.4, -0.2) is 0 Å². The number of hydrogen-bond acceptors (Lipinski definition) is 2. The van der Waals surface area contributed by atoms with Gasteiger partial charge < -0.3 is 0 Å². The molecular formula is C10H8O2. The third kappa shape index (κ3) is 0.694. The van der Waals surface area contributed by atoms with Crippen LogP contribution in [0.5, 0.6) is 0 Å². The molecule has 3 rings (SSSR count). The minimum atomic E-state index is 1.12. The second-order valence-corrected chi connectivity index (χ2v) is 3.18. The molecule has 0 spiro atoms. The summed E-state index contributed by atoms with van der Waals surface area (Å²) in [6, 6.07) is 4.35. The lowest BCUT2D eigenvalue weighted by Crippen LogP contribution is -2.31. The van der Waals surface area contributed by atoms with Crippen LogP contribution < -0.4 is 10.4 Å². The van der Waals surface area contributed by atoms with E-state index in [9.17, 15) is 0 Å². The van der Waals surface area contributed by atoms with Gasteiger partial charge in [0.2, 0.25) is 0 Å². The average Bonchev–Trinajstić information content (AvgIpc) is 2.09. The Balaban J connectivity index is 2.41. The predicted octanol–water partition coefficient (Wildman–Crippen LogP) is 0.223. The van der Waals surface area contributed by atoms with Crippen molar-refractivity contribution < 1.29 is 9.78 Å². The number of aryl methyl sites for hydroxylation is 2. The van der Waals surface area contributed by atoms with Crippen LogP contribution in [0.4, 0.5) is 0 Å². The Hall–Kier alpha value is -1.44. The van der Waals surface area contributed by atoms with Gasteiger partial charge in [0.1, 0.15) is 0 Å². The fraction of sp³-hybridized carbons (Fsp3) is 0.200. The van der Waals surface area contributed by atoms with E-state index in [0.29, 0.717) is 0 Å². The summed E-state index contributed by atoms with van der Waals surface area (Å²) in [6.45, 7) is 0. The van der Waals surface area contributed by atoms with Crippen LogP contribution in [0.25, 0.3) is 12.5 Å². The maximum atomic E-state index is 4.73. The molecule has 0 N–H and O–H groups in total. The Morgan fingerprint density at radius 3 is 1.75 bits per heavy atom. The Kier molecular flexibility index (Phi) is 1.04. The first-order chi connectivity index (χ1) is 5.93. The fourth-order valence-electron chi connectivity index (χ4n) is 1.65.